The van der Waals surface area contributed by atoms with Crippen molar-refractivity contribution in [3.05, 3.63) is 47.3 Å². The number of hydrogen-bond donors (Lipinski definition) is 2. The molecule has 0 radical (unpaired) electrons. The van der Waals surface area contributed by atoms with Crippen molar-refractivity contribution in [2.24, 2.45) is 0 Å². The van der Waals surface area contributed by atoms with Gasteiger partial charge in [-0.1, -0.05) is 18.2 Å². The van der Waals surface area contributed by atoms with E-state index in [0.29, 0.717) is 5.69 Å². The molecular weight excluding hydrogens is 282 g/mol. The molecule has 1 heterocycles. The van der Waals surface area contributed by atoms with Crippen LogP contribution < -0.4 is 5.32 Å². The van der Waals surface area contributed by atoms with Crippen molar-refractivity contribution in [2.45, 2.75) is 25.7 Å². The number of rotatable bonds is 5. The van der Waals surface area contributed by atoms with E-state index < -0.39 is 5.97 Å². The molecular formula is C16H17N3O3. The van der Waals surface area contributed by atoms with E-state index in [1.54, 1.807) is 0 Å². The summed E-state index contributed by atoms with van der Waals surface area (Å²) in [5, 5.41) is 15.7. The maximum Gasteiger partial charge on any atom is 0.305 e. The van der Waals surface area contributed by atoms with Crippen LogP contribution in [-0.2, 0) is 17.6 Å². The molecule has 2 aromatic rings. The summed E-state index contributed by atoms with van der Waals surface area (Å²) >= 11 is 0. The lowest BCUT2D eigenvalue weighted by molar-refractivity contribution is -0.136. The smallest absolute Gasteiger partial charge is 0.305 e. The third kappa shape index (κ3) is 2.72. The van der Waals surface area contributed by atoms with Crippen molar-refractivity contribution < 1.29 is 14.7 Å². The summed E-state index contributed by atoms with van der Waals surface area (Å²) in [5.74, 6) is -1.23. The van der Waals surface area contributed by atoms with Crippen LogP contribution in [-0.4, -0.2) is 33.3 Å². The molecule has 3 rings (SSSR count). The molecule has 1 aliphatic rings. The minimum atomic E-state index is -0.930. The monoisotopic (exact) mass is 299 g/mol. The number of nitrogens with one attached hydrogen (secondary N) is 1. The molecule has 0 spiro atoms. The molecule has 1 aliphatic carbocycles. The molecule has 0 saturated heterocycles. The first-order chi connectivity index (χ1) is 10.7. The summed E-state index contributed by atoms with van der Waals surface area (Å²) in [6, 6.07) is 9.72. The number of aromatic nitrogens is 2. The van der Waals surface area contributed by atoms with Crippen LogP contribution in [0, 0.1) is 0 Å². The normalized spacial score (nSPS) is 12.9. The fraction of sp³-hybridized carbons (Fsp3) is 0.312. The Morgan fingerprint density at radius 2 is 2.00 bits per heavy atom. The van der Waals surface area contributed by atoms with Crippen LogP contribution in [0.3, 0.4) is 0 Å². The number of fused-ring (bicyclic) bond motifs is 1. The van der Waals surface area contributed by atoms with Gasteiger partial charge in [-0.3, -0.25) is 9.59 Å². The lowest BCUT2D eigenvalue weighted by Crippen LogP contribution is -2.27. The highest BCUT2D eigenvalue weighted by Crippen LogP contribution is 2.27. The second-order valence-corrected chi connectivity index (χ2v) is 5.27. The first-order valence-electron chi connectivity index (χ1n) is 7.33. The van der Waals surface area contributed by atoms with Gasteiger partial charge in [-0.05, 0) is 31.4 Å². The van der Waals surface area contributed by atoms with Gasteiger partial charge in [-0.25, -0.2) is 4.68 Å². The van der Waals surface area contributed by atoms with Crippen molar-refractivity contribution >= 4 is 11.9 Å². The van der Waals surface area contributed by atoms with Gasteiger partial charge in [0, 0.05) is 17.8 Å². The maximum absolute atomic E-state index is 12.3. The number of hydrogen-bond acceptors (Lipinski definition) is 3. The quantitative estimate of drug-likeness (QED) is 0.877. The number of amides is 1. The fourth-order valence-corrected chi connectivity index (χ4v) is 2.77. The summed E-state index contributed by atoms with van der Waals surface area (Å²) in [6.07, 6.45) is 2.66. The van der Waals surface area contributed by atoms with Crippen LogP contribution >= 0.6 is 0 Å². The molecule has 114 valence electrons. The maximum atomic E-state index is 12.3. The van der Waals surface area contributed by atoms with E-state index in [0.717, 1.165) is 36.2 Å². The molecule has 6 nitrogen and oxygen atoms in total. The molecule has 2 N–H and O–H groups in total. The number of carboxylic acids is 1. The number of carbonyl (C=O) groups is 2. The Bertz CT molecular complexity index is 707. The molecule has 1 aromatic carbocycles. The zero-order valence-electron chi connectivity index (χ0n) is 12.1. The second-order valence-electron chi connectivity index (χ2n) is 5.27. The summed E-state index contributed by atoms with van der Waals surface area (Å²) in [5.41, 5.74) is 3.42. The third-order valence-corrected chi connectivity index (χ3v) is 3.77. The van der Waals surface area contributed by atoms with Crippen molar-refractivity contribution in [1.29, 1.82) is 0 Å². The Morgan fingerprint density at radius 3 is 2.73 bits per heavy atom. The van der Waals surface area contributed by atoms with Crippen LogP contribution in [0.15, 0.2) is 30.3 Å². The minimum Gasteiger partial charge on any atom is -0.481 e. The zero-order chi connectivity index (χ0) is 15.5. The van der Waals surface area contributed by atoms with Crippen molar-refractivity contribution in [2.75, 3.05) is 6.54 Å². The Labute approximate surface area is 127 Å². The lowest BCUT2D eigenvalue weighted by Gasteiger charge is -2.04. The summed E-state index contributed by atoms with van der Waals surface area (Å²) < 4.78 is 1.83. The van der Waals surface area contributed by atoms with Crippen LogP contribution in [0.25, 0.3) is 5.69 Å². The van der Waals surface area contributed by atoms with E-state index in [9.17, 15) is 9.59 Å². The molecule has 0 atom stereocenters. The Kier molecular flexibility index (Phi) is 3.91. The Balaban J connectivity index is 1.87. The summed E-state index contributed by atoms with van der Waals surface area (Å²) in [7, 11) is 0. The number of carboxylic acid groups (broad SMARTS) is 1. The van der Waals surface area contributed by atoms with Crippen LogP contribution in [0.2, 0.25) is 0 Å². The average Bonchev–Trinajstić information content (AvgIpc) is 3.09. The number of carbonyl (C=O) groups excluding carboxylic acids is 1. The largest absolute Gasteiger partial charge is 0.481 e. The van der Waals surface area contributed by atoms with Gasteiger partial charge in [0.25, 0.3) is 5.91 Å². The number of benzene rings is 1. The first kappa shape index (κ1) is 14.3. The van der Waals surface area contributed by atoms with E-state index in [1.165, 1.54) is 0 Å². The fourth-order valence-electron chi connectivity index (χ4n) is 2.77. The molecule has 6 heteroatoms. The van der Waals surface area contributed by atoms with Crippen LogP contribution in [0.4, 0.5) is 0 Å². The van der Waals surface area contributed by atoms with Gasteiger partial charge in [0.15, 0.2) is 5.69 Å². The molecule has 1 amide bonds. The van der Waals surface area contributed by atoms with E-state index in [4.69, 9.17) is 5.11 Å². The standard InChI is InChI=1S/C16H17N3O3/c20-14(21)9-10-17-16(22)15-12-7-4-8-13(12)19(18-15)11-5-2-1-3-6-11/h1-3,5-6H,4,7-10H2,(H,17,22)(H,20,21). The minimum absolute atomic E-state index is 0.0900. The van der Waals surface area contributed by atoms with E-state index in [2.05, 4.69) is 10.4 Å². The van der Waals surface area contributed by atoms with Gasteiger partial charge in [-0.15, -0.1) is 0 Å². The molecule has 22 heavy (non-hydrogen) atoms. The number of aliphatic carboxylic acids is 1. The average molecular weight is 299 g/mol. The van der Waals surface area contributed by atoms with Crippen molar-refractivity contribution in [3.63, 3.8) is 0 Å². The Morgan fingerprint density at radius 1 is 1.23 bits per heavy atom. The van der Waals surface area contributed by atoms with Gasteiger partial charge in [0.2, 0.25) is 0 Å². The van der Waals surface area contributed by atoms with E-state index in [-0.39, 0.29) is 18.9 Å². The Hall–Kier alpha value is -2.63. The highest BCUT2D eigenvalue weighted by molar-refractivity contribution is 5.94. The number of nitrogens with zero attached hydrogens (tertiary/aromatic N) is 2. The summed E-state index contributed by atoms with van der Waals surface area (Å²) in [6.45, 7) is 0.112. The van der Waals surface area contributed by atoms with Gasteiger partial charge < -0.3 is 10.4 Å². The highest BCUT2D eigenvalue weighted by Gasteiger charge is 2.26. The molecule has 0 aliphatic heterocycles. The van der Waals surface area contributed by atoms with Gasteiger partial charge in [0.05, 0.1) is 12.1 Å². The zero-order valence-corrected chi connectivity index (χ0v) is 12.1. The lowest BCUT2D eigenvalue weighted by atomic mass is 10.2. The molecule has 0 fully saturated rings. The SMILES string of the molecule is O=C(O)CCNC(=O)c1nn(-c2ccccc2)c2c1CCC2. The summed E-state index contributed by atoms with van der Waals surface area (Å²) in [4.78, 5) is 22.8. The predicted molar refractivity (Wildman–Crippen MR) is 80.2 cm³/mol. The van der Waals surface area contributed by atoms with Crippen molar-refractivity contribution in [1.82, 2.24) is 15.1 Å². The molecule has 0 saturated carbocycles. The van der Waals surface area contributed by atoms with Gasteiger partial charge >= 0.3 is 5.97 Å². The van der Waals surface area contributed by atoms with E-state index in [1.807, 2.05) is 35.0 Å². The molecule has 0 bridgehead atoms. The third-order valence-electron chi connectivity index (χ3n) is 3.77. The van der Waals surface area contributed by atoms with Crippen molar-refractivity contribution in [3.8, 4) is 5.69 Å². The van der Waals surface area contributed by atoms with E-state index >= 15 is 0 Å². The van der Waals surface area contributed by atoms with Crippen LogP contribution in [0.1, 0.15) is 34.6 Å². The van der Waals surface area contributed by atoms with Crippen LogP contribution in [0.5, 0.6) is 0 Å². The van der Waals surface area contributed by atoms with Gasteiger partial charge in [0.1, 0.15) is 0 Å². The predicted octanol–water partition coefficient (Wildman–Crippen LogP) is 1.57. The second kappa shape index (κ2) is 6.01. The van der Waals surface area contributed by atoms with Gasteiger partial charge in [-0.2, -0.15) is 5.10 Å². The molecule has 1 aromatic heterocycles. The topological polar surface area (TPSA) is 84.2 Å². The molecule has 0 unspecified atom stereocenters. The first-order valence-corrected chi connectivity index (χ1v) is 7.33. The highest BCUT2D eigenvalue weighted by atomic mass is 16.4. The number of para-hydroxylation sites is 1.